The molecule has 1 N–H and O–H groups in total. The van der Waals surface area contributed by atoms with Crippen molar-refractivity contribution in [2.75, 3.05) is 5.32 Å². The van der Waals surface area contributed by atoms with Crippen molar-refractivity contribution in [3.8, 4) is 5.75 Å². The molecule has 0 aliphatic rings. The fourth-order valence-electron chi connectivity index (χ4n) is 2.14. The average molecular weight is 343 g/mol. The molecule has 3 rings (SSSR count). The summed E-state index contributed by atoms with van der Waals surface area (Å²) < 4.78 is 33.0. The van der Waals surface area contributed by atoms with E-state index >= 15 is 0 Å². The van der Waals surface area contributed by atoms with Gasteiger partial charge in [-0.05, 0) is 55.0 Å². The number of benzene rings is 2. The van der Waals surface area contributed by atoms with Crippen LogP contribution in [0.3, 0.4) is 0 Å². The summed E-state index contributed by atoms with van der Waals surface area (Å²) in [7, 11) is 0. The van der Waals surface area contributed by atoms with Gasteiger partial charge in [0.25, 0.3) is 5.91 Å². The van der Waals surface area contributed by atoms with Crippen LogP contribution >= 0.6 is 0 Å². The number of hydrogen-bond donors (Lipinski definition) is 1. The van der Waals surface area contributed by atoms with E-state index in [0.29, 0.717) is 11.4 Å². The van der Waals surface area contributed by atoms with Gasteiger partial charge in [0.2, 0.25) is 0 Å². The molecule has 0 aliphatic heterocycles. The van der Waals surface area contributed by atoms with Crippen LogP contribution in [0.15, 0.2) is 54.7 Å². The van der Waals surface area contributed by atoms with E-state index in [1.165, 1.54) is 47.1 Å². The topological polar surface area (TPSA) is 56.2 Å². The molecule has 0 saturated heterocycles. The second-order valence-electron chi connectivity index (χ2n) is 5.38. The zero-order chi connectivity index (χ0) is 17.8. The first-order valence-electron chi connectivity index (χ1n) is 7.50. The van der Waals surface area contributed by atoms with Crippen molar-refractivity contribution in [3.05, 3.63) is 77.6 Å². The zero-order valence-corrected chi connectivity index (χ0v) is 13.4. The largest absolute Gasteiger partial charge is 0.471 e. The summed E-state index contributed by atoms with van der Waals surface area (Å²) in [5.74, 6) is -0.746. The SMILES string of the molecule is Cc1ccc(F)cc1NC(=O)c1ccn(COc2ccc(F)cc2)n1. The van der Waals surface area contributed by atoms with Gasteiger partial charge in [-0.15, -0.1) is 0 Å². The summed E-state index contributed by atoms with van der Waals surface area (Å²) >= 11 is 0. The highest BCUT2D eigenvalue weighted by molar-refractivity contribution is 6.03. The van der Waals surface area contributed by atoms with Gasteiger partial charge in [-0.3, -0.25) is 4.79 Å². The first-order chi connectivity index (χ1) is 12.0. The number of carbonyl (C=O) groups excluding carboxylic acids is 1. The molecular weight excluding hydrogens is 328 g/mol. The number of anilines is 1. The number of aryl methyl sites for hydroxylation is 1. The van der Waals surface area contributed by atoms with Crippen LogP contribution in [0, 0.1) is 18.6 Å². The van der Waals surface area contributed by atoms with Crippen molar-refractivity contribution < 1.29 is 18.3 Å². The van der Waals surface area contributed by atoms with Crippen LogP contribution in [-0.4, -0.2) is 15.7 Å². The van der Waals surface area contributed by atoms with E-state index in [1.54, 1.807) is 19.2 Å². The molecule has 0 radical (unpaired) electrons. The van der Waals surface area contributed by atoms with Crippen LogP contribution in [0.2, 0.25) is 0 Å². The maximum absolute atomic E-state index is 13.3. The third-order valence-corrected chi connectivity index (χ3v) is 3.50. The number of nitrogens with one attached hydrogen (secondary N) is 1. The standard InChI is InChI=1S/C18H15F2N3O2/c1-12-2-3-14(20)10-17(12)21-18(24)16-8-9-23(22-16)11-25-15-6-4-13(19)5-7-15/h2-10H,11H2,1H3,(H,21,24). The number of nitrogens with zero attached hydrogens (tertiary/aromatic N) is 2. The zero-order valence-electron chi connectivity index (χ0n) is 13.4. The van der Waals surface area contributed by atoms with E-state index in [4.69, 9.17) is 4.74 Å². The summed E-state index contributed by atoms with van der Waals surface area (Å²) in [5.41, 5.74) is 1.31. The van der Waals surface area contributed by atoms with Gasteiger partial charge in [0.05, 0.1) is 0 Å². The van der Waals surface area contributed by atoms with E-state index in [-0.39, 0.29) is 18.2 Å². The number of halogens is 2. The number of rotatable bonds is 5. The van der Waals surface area contributed by atoms with Gasteiger partial charge < -0.3 is 10.1 Å². The smallest absolute Gasteiger partial charge is 0.276 e. The summed E-state index contributed by atoms with van der Waals surface area (Å²) in [6.45, 7) is 1.84. The molecule has 2 aromatic carbocycles. The van der Waals surface area contributed by atoms with Crippen molar-refractivity contribution in [2.24, 2.45) is 0 Å². The van der Waals surface area contributed by atoms with Crippen LogP contribution in [0.1, 0.15) is 16.1 Å². The molecule has 1 aromatic heterocycles. The molecule has 0 fully saturated rings. The molecule has 1 heterocycles. The monoisotopic (exact) mass is 343 g/mol. The van der Waals surface area contributed by atoms with Crippen molar-refractivity contribution in [3.63, 3.8) is 0 Å². The lowest BCUT2D eigenvalue weighted by molar-refractivity contribution is 0.102. The molecule has 0 bridgehead atoms. The maximum atomic E-state index is 13.3. The van der Waals surface area contributed by atoms with Gasteiger partial charge >= 0.3 is 0 Å². The number of carbonyl (C=O) groups is 1. The lowest BCUT2D eigenvalue weighted by atomic mass is 10.2. The first-order valence-corrected chi connectivity index (χ1v) is 7.50. The Morgan fingerprint density at radius 3 is 2.60 bits per heavy atom. The fraction of sp³-hybridized carbons (Fsp3) is 0.111. The van der Waals surface area contributed by atoms with E-state index in [9.17, 15) is 13.6 Å². The van der Waals surface area contributed by atoms with Gasteiger partial charge in [-0.2, -0.15) is 5.10 Å². The molecule has 0 saturated carbocycles. The maximum Gasteiger partial charge on any atom is 0.276 e. The van der Waals surface area contributed by atoms with Gasteiger partial charge in [0, 0.05) is 11.9 Å². The minimum absolute atomic E-state index is 0.0674. The summed E-state index contributed by atoms with van der Waals surface area (Å²) in [5, 5.41) is 6.73. The Balaban J connectivity index is 1.63. The summed E-state index contributed by atoms with van der Waals surface area (Å²) in [4.78, 5) is 12.2. The molecular formula is C18H15F2N3O2. The van der Waals surface area contributed by atoms with Crippen LogP contribution in [0.5, 0.6) is 5.75 Å². The Labute approximate surface area is 142 Å². The second kappa shape index (κ2) is 7.12. The predicted molar refractivity (Wildman–Crippen MR) is 88.3 cm³/mol. The van der Waals surface area contributed by atoms with Crippen molar-refractivity contribution >= 4 is 11.6 Å². The van der Waals surface area contributed by atoms with Crippen molar-refractivity contribution in [2.45, 2.75) is 13.7 Å². The number of ether oxygens (including phenoxy) is 1. The Morgan fingerprint density at radius 2 is 1.84 bits per heavy atom. The molecule has 25 heavy (non-hydrogen) atoms. The number of amides is 1. The predicted octanol–water partition coefficient (Wildman–Crippen LogP) is 3.76. The fourth-order valence-corrected chi connectivity index (χ4v) is 2.14. The van der Waals surface area contributed by atoms with E-state index in [0.717, 1.165) is 5.56 Å². The Morgan fingerprint density at radius 1 is 1.12 bits per heavy atom. The quantitative estimate of drug-likeness (QED) is 0.767. The Bertz CT molecular complexity index is 892. The first kappa shape index (κ1) is 16.6. The third kappa shape index (κ3) is 4.20. The van der Waals surface area contributed by atoms with Crippen LogP contribution in [0.25, 0.3) is 0 Å². The minimum Gasteiger partial charge on any atom is -0.471 e. The van der Waals surface area contributed by atoms with E-state index < -0.39 is 11.7 Å². The Hall–Kier alpha value is -3.22. The lowest BCUT2D eigenvalue weighted by Gasteiger charge is -2.07. The van der Waals surface area contributed by atoms with Gasteiger partial charge in [0.15, 0.2) is 12.4 Å². The highest BCUT2D eigenvalue weighted by Crippen LogP contribution is 2.17. The molecule has 0 atom stereocenters. The van der Waals surface area contributed by atoms with Crippen LogP contribution in [-0.2, 0) is 6.73 Å². The molecule has 5 nitrogen and oxygen atoms in total. The van der Waals surface area contributed by atoms with Crippen LogP contribution < -0.4 is 10.1 Å². The van der Waals surface area contributed by atoms with Gasteiger partial charge in [0.1, 0.15) is 17.4 Å². The minimum atomic E-state index is -0.450. The number of aromatic nitrogens is 2. The number of hydrogen-bond acceptors (Lipinski definition) is 3. The summed E-state index contributed by atoms with van der Waals surface area (Å²) in [6, 6.07) is 11.3. The third-order valence-electron chi connectivity index (χ3n) is 3.50. The second-order valence-corrected chi connectivity index (χ2v) is 5.38. The van der Waals surface area contributed by atoms with Crippen molar-refractivity contribution in [1.29, 1.82) is 0 Å². The average Bonchev–Trinajstić information content (AvgIpc) is 3.07. The van der Waals surface area contributed by atoms with Gasteiger partial charge in [-0.1, -0.05) is 6.07 Å². The van der Waals surface area contributed by atoms with E-state index in [1.807, 2.05) is 0 Å². The van der Waals surface area contributed by atoms with E-state index in [2.05, 4.69) is 10.4 Å². The van der Waals surface area contributed by atoms with Crippen molar-refractivity contribution in [1.82, 2.24) is 9.78 Å². The Kier molecular flexibility index (Phi) is 4.74. The molecule has 0 spiro atoms. The molecule has 3 aromatic rings. The molecule has 0 aliphatic carbocycles. The lowest BCUT2D eigenvalue weighted by Crippen LogP contribution is -2.15. The molecule has 128 valence electrons. The molecule has 0 unspecified atom stereocenters. The van der Waals surface area contributed by atoms with Crippen LogP contribution in [0.4, 0.5) is 14.5 Å². The molecule has 7 heteroatoms. The highest BCUT2D eigenvalue weighted by Gasteiger charge is 2.12. The molecule has 1 amide bonds. The van der Waals surface area contributed by atoms with Gasteiger partial charge in [-0.25, -0.2) is 13.5 Å². The summed E-state index contributed by atoms with van der Waals surface area (Å²) in [6.07, 6.45) is 1.58. The normalized spacial score (nSPS) is 10.5. The highest BCUT2D eigenvalue weighted by atomic mass is 19.1.